The number of amides is 1. The van der Waals surface area contributed by atoms with Crippen molar-refractivity contribution in [1.29, 1.82) is 0 Å². The first-order chi connectivity index (χ1) is 18.0. The quantitative estimate of drug-likeness (QED) is 0.434. The number of anilines is 1. The van der Waals surface area contributed by atoms with Gasteiger partial charge in [0.2, 0.25) is 18.4 Å². The summed E-state index contributed by atoms with van der Waals surface area (Å²) in [5.41, 5.74) is 1.83. The molecule has 2 heterocycles. The number of nitrogens with one attached hydrogen (secondary N) is 1. The van der Waals surface area contributed by atoms with Crippen LogP contribution in [0.15, 0.2) is 42.9 Å². The molecule has 0 fully saturated rings. The van der Waals surface area contributed by atoms with E-state index in [9.17, 15) is 15.0 Å². The Morgan fingerprint density at radius 2 is 1.70 bits per heavy atom. The Morgan fingerprint density at radius 1 is 1.03 bits per heavy atom. The van der Waals surface area contributed by atoms with Crippen molar-refractivity contribution in [3.63, 3.8) is 0 Å². The van der Waals surface area contributed by atoms with E-state index >= 15 is 0 Å². The van der Waals surface area contributed by atoms with Crippen molar-refractivity contribution in [1.82, 2.24) is 9.97 Å². The zero-order valence-electron chi connectivity index (χ0n) is 20.5. The van der Waals surface area contributed by atoms with E-state index in [1.165, 1.54) is 39.9 Å². The number of aliphatic hydroxyl groups is 2. The largest absolute Gasteiger partial charge is 0.493 e. The van der Waals surface area contributed by atoms with Crippen LogP contribution in [-0.2, 0) is 4.79 Å². The number of hydrogen-bond acceptors (Lipinski definition) is 10. The lowest BCUT2D eigenvalue weighted by molar-refractivity contribution is -0.126. The van der Waals surface area contributed by atoms with Crippen molar-refractivity contribution in [2.45, 2.75) is 12.0 Å². The van der Waals surface area contributed by atoms with Gasteiger partial charge in [0.25, 0.3) is 0 Å². The molecule has 1 aliphatic carbocycles. The molecule has 2 aromatic carbocycles. The Hall–Kier alpha value is -4.09. The third-order valence-electron chi connectivity index (χ3n) is 6.83. The van der Waals surface area contributed by atoms with Crippen LogP contribution < -0.4 is 29.0 Å². The molecule has 3 N–H and O–H groups in total. The highest BCUT2D eigenvalue weighted by molar-refractivity contribution is 5.93. The van der Waals surface area contributed by atoms with E-state index in [0.29, 0.717) is 45.4 Å². The molecule has 11 heteroatoms. The predicted octanol–water partition coefficient (Wildman–Crippen LogP) is 2.27. The van der Waals surface area contributed by atoms with E-state index in [1.807, 2.05) is 0 Å². The van der Waals surface area contributed by atoms with Gasteiger partial charge in [-0.3, -0.25) is 9.78 Å². The predicted molar refractivity (Wildman–Crippen MR) is 130 cm³/mol. The molecule has 1 aliphatic heterocycles. The zero-order chi connectivity index (χ0) is 26.1. The number of carbonyl (C=O) groups is 1. The van der Waals surface area contributed by atoms with E-state index in [1.54, 1.807) is 24.3 Å². The van der Waals surface area contributed by atoms with Crippen LogP contribution in [-0.4, -0.2) is 60.8 Å². The summed E-state index contributed by atoms with van der Waals surface area (Å²) in [6, 6.07) is 6.99. The Kier molecular flexibility index (Phi) is 6.72. The summed E-state index contributed by atoms with van der Waals surface area (Å²) in [4.78, 5) is 21.9. The summed E-state index contributed by atoms with van der Waals surface area (Å²) in [6.07, 6.45) is 3.23. The molecule has 0 unspecified atom stereocenters. The second-order valence-corrected chi connectivity index (χ2v) is 8.67. The molecule has 194 valence electrons. The van der Waals surface area contributed by atoms with Gasteiger partial charge >= 0.3 is 0 Å². The Balaban J connectivity index is 1.72. The number of ether oxygens (including phenoxy) is 5. The van der Waals surface area contributed by atoms with Crippen molar-refractivity contribution in [2.75, 3.05) is 40.0 Å². The number of nitrogens with zero attached hydrogens (tertiary/aromatic N) is 2. The van der Waals surface area contributed by atoms with Gasteiger partial charge in [0.15, 0.2) is 28.8 Å². The third kappa shape index (κ3) is 4.25. The number of aromatic nitrogens is 2. The monoisotopic (exact) mass is 509 g/mol. The molecule has 1 amide bonds. The van der Waals surface area contributed by atoms with Gasteiger partial charge in [-0.1, -0.05) is 0 Å². The van der Waals surface area contributed by atoms with E-state index in [0.717, 1.165) is 0 Å². The Bertz CT molecular complexity index is 1280. The number of fused-ring (bicyclic) bond motifs is 2. The Morgan fingerprint density at radius 3 is 2.27 bits per heavy atom. The van der Waals surface area contributed by atoms with Gasteiger partial charge < -0.3 is 39.2 Å². The van der Waals surface area contributed by atoms with E-state index in [2.05, 4.69) is 15.3 Å². The summed E-state index contributed by atoms with van der Waals surface area (Å²) in [6.45, 7) is -0.405. The molecule has 0 saturated heterocycles. The first-order valence-corrected chi connectivity index (χ1v) is 11.6. The number of aliphatic hydroxyl groups excluding tert-OH is 2. The van der Waals surface area contributed by atoms with Crippen LogP contribution in [0.2, 0.25) is 0 Å². The molecule has 0 saturated carbocycles. The highest BCUT2D eigenvalue weighted by Gasteiger charge is 2.47. The maximum absolute atomic E-state index is 13.8. The molecular weight excluding hydrogens is 482 g/mol. The average Bonchev–Trinajstić information content (AvgIpc) is 3.39. The third-order valence-corrected chi connectivity index (χ3v) is 6.83. The first kappa shape index (κ1) is 24.6. The van der Waals surface area contributed by atoms with Crippen LogP contribution in [0.4, 0.5) is 5.82 Å². The molecule has 37 heavy (non-hydrogen) atoms. The number of benzene rings is 2. The SMILES string of the molecule is COc1cc([C@H]2c3cc4c(cc3[C@@H](O)[C@H](CO)[C@H]2C(=O)Nc2cnccn2)OCO4)cc(OC)c1OC. The summed E-state index contributed by atoms with van der Waals surface area (Å²) in [5, 5.41) is 24.6. The van der Waals surface area contributed by atoms with Crippen LogP contribution in [0.5, 0.6) is 28.7 Å². The maximum Gasteiger partial charge on any atom is 0.231 e. The molecule has 1 aromatic heterocycles. The van der Waals surface area contributed by atoms with Crippen molar-refractivity contribution in [2.24, 2.45) is 11.8 Å². The normalized spacial score (nSPS) is 21.6. The molecule has 0 radical (unpaired) electrons. The molecule has 0 spiro atoms. The van der Waals surface area contributed by atoms with Crippen molar-refractivity contribution in [3.05, 3.63) is 59.5 Å². The fourth-order valence-corrected chi connectivity index (χ4v) is 5.17. The lowest BCUT2D eigenvalue weighted by atomic mass is 9.64. The fourth-order valence-electron chi connectivity index (χ4n) is 5.17. The number of hydrogen-bond donors (Lipinski definition) is 3. The zero-order valence-corrected chi connectivity index (χ0v) is 20.5. The second kappa shape index (κ2) is 10.1. The fraction of sp³-hybridized carbons (Fsp3) is 0.346. The summed E-state index contributed by atoms with van der Waals surface area (Å²) in [7, 11) is 4.52. The number of rotatable bonds is 7. The van der Waals surface area contributed by atoms with Crippen LogP contribution in [0, 0.1) is 11.8 Å². The highest BCUT2D eigenvalue weighted by Crippen LogP contribution is 2.53. The average molecular weight is 510 g/mol. The van der Waals surface area contributed by atoms with Gasteiger partial charge in [-0.05, 0) is 41.0 Å². The van der Waals surface area contributed by atoms with E-state index in [4.69, 9.17) is 23.7 Å². The molecule has 4 atom stereocenters. The minimum atomic E-state index is -1.15. The maximum atomic E-state index is 13.8. The highest BCUT2D eigenvalue weighted by atomic mass is 16.7. The molecule has 5 rings (SSSR count). The van der Waals surface area contributed by atoms with Crippen molar-refractivity contribution >= 4 is 11.7 Å². The van der Waals surface area contributed by atoms with Crippen LogP contribution in [0.1, 0.15) is 28.7 Å². The first-order valence-electron chi connectivity index (χ1n) is 11.6. The van der Waals surface area contributed by atoms with E-state index in [-0.39, 0.29) is 12.6 Å². The summed E-state index contributed by atoms with van der Waals surface area (Å²) in [5.74, 6) is -0.423. The topological polar surface area (TPSA) is 141 Å². The van der Waals surface area contributed by atoms with Gasteiger partial charge in [0.1, 0.15) is 0 Å². The van der Waals surface area contributed by atoms with Gasteiger partial charge in [0, 0.05) is 30.8 Å². The standard InChI is InChI=1S/C26H27N3O8/c1-33-19-6-13(7-20(34-2)25(19)35-3)22-14-8-17-18(37-12-36-17)9-15(14)24(31)16(11-30)23(22)26(32)29-21-10-27-4-5-28-21/h4-10,16,22-24,30-31H,11-12H2,1-3H3,(H,28,29,32)/t16-,22+,23-,24-/m1/s1. The van der Waals surface area contributed by atoms with Gasteiger partial charge in [-0.15, -0.1) is 0 Å². The lowest BCUT2D eigenvalue weighted by Crippen LogP contribution is -2.43. The molecule has 11 nitrogen and oxygen atoms in total. The minimum Gasteiger partial charge on any atom is -0.493 e. The van der Waals surface area contributed by atoms with Crippen molar-refractivity contribution in [3.8, 4) is 28.7 Å². The van der Waals surface area contributed by atoms with Crippen LogP contribution >= 0.6 is 0 Å². The van der Waals surface area contributed by atoms with Gasteiger partial charge in [-0.25, -0.2) is 4.98 Å². The molecule has 0 bridgehead atoms. The molecule has 3 aromatic rings. The Labute approximate surface area is 212 Å². The van der Waals surface area contributed by atoms with Crippen molar-refractivity contribution < 1.29 is 38.7 Å². The second-order valence-electron chi connectivity index (χ2n) is 8.67. The minimum absolute atomic E-state index is 0.0448. The van der Waals surface area contributed by atoms with E-state index < -0.39 is 36.4 Å². The molecular formula is C26H27N3O8. The molecule has 2 aliphatic rings. The number of methoxy groups -OCH3 is 3. The lowest BCUT2D eigenvalue weighted by Gasteiger charge is -2.41. The van der Waals surface area contributed by atoms with Gasteiger partial charge in [0.05, 0.1) is 39.5 Å². The van der Waals surface area contributed by atoms with Crippen LogP contribution in [0.25, 0.3) is 0 Å². The van der Waals surface area contributed by atoms with Crippen LogP contribution in [0.3, 0.4) is 0 Å². The number of carbonyl (C=O) groups excluding carboxylic acids is 1. The summed E-state index contributed by atoms with van der Waals surface area (Å²) >= 11 is 0. The smallest absolute Gasteiger partial charge is 0.231 e. The van der Waals surface area contributed by atoms with Gasteiger partial charge in [-0.2, -0.15) is 0 Å². The summed E-state index contributed by atoms with van der Waals surface area (Å²) < 4.78 is 27.8.